The van der Waals surface area contributed by atoms with Crippen molar-refractivity contribution >= 4 is 27.5 Å². The molecule has 0 aliphatic carbocycles. The molecule has 0 aromatic carbocycles. The lowest BCUT2D eigenvalue weighted by Gasteiger charge is -2.08. The van der Waals surface area contributed by atoms with Crippen molar-refractivity contribution in [3.05, 3.63) is 12.2 Å². The van der Waals surface area contributed by atoms with E-state index in [1.54, 1.807) is 0 Å². The highest BCUT2D eigenvalue weighted by Gasteiger charge is 2.16. The second-order valence-electron chi connectivity index (χ2n) is 8.81. The molecule has 1 fully saturated rings. The van der Waals surface area contributed by atoms with E-state index in [0.29, 0.717) is 11.6 Å². The number of allylic oxidation sites excluding steroid dienone is 2. The standard InChI is InChI=1S/C25H44N4O2S/c1-2-3-4-5-6-7-8-9-10-11-12-13-14-15-16-19-23(30)27-25-29-28-24(32-25)26-21-22-18-17-20-31-22/h9-10,22H,2-8,11-21H2,1H3,(H,26,28)(H,27,29,30)/b10-9+. The van der Waals surface area contributed by atoms with Gasteiger partial charge in [0.05, 0.1) is 6.10 Å². The van der Waals surface area contributed by atoms with Crippen LogP contribution in [0.25, 0.3) is 0 Å². The molecule has 1 aliphatic heterocycles. The van der Waals surface area contributed by atoms with E-state index < -0.39 is 0 Å². The van der Waals surface area contributed by atoms with Gasteiger partial charge >= 0.3 is 0 Å². The third-order valence-electron chi connectivity index (χ3n) is 5.84. The number of nitrogens with one attached hydrogen (secondary N) is 2. The first-order valence-electron chi connectivity index (χ1n) is 12.9. The third kappa shape index (κ3) is 13.2. The first-order chi connectivity index (χ1) is 15.8. The van der Waals surface area contributed by atoms with Crippen LogP contribution in [0, 0.1) is 0 Å². The summed E-state index contributed by atoms with van der Waals surface area (Å²) in [6, 6.07) is 0. The Kier molecular flexibility index (Phi) is 15.1. The molecule has 0 bridgehead atoms. The number of hydrogen-bond acceptors (Lipinski definition) is 6. The second-order valence-corrected chi connectivity index (χ2v) is 9.79. The van der Waals surface area contributed by atoms with Gasteiger partial charge < -0.3 is 15.4 Å². The molecule has 0 saturated carbocycles. The predicted octanol–water partition coefficient (Wildman–Crippen LogP) is 7.11. The number of unbranched alkanes of at least 4 members (excludes halogenated alkanes) is 11. The average molecular weight is 465 g/mol. The molecule has 1 aromatic rings. The van der Waals surface area contributed by atoms with E-state index in [4.69, 9.17) is 4.74 Å². The number of carbonyl (C=O) groups excluding carboxylic acids is 1. The van der Waals surface area contributed by atoms with Crippen molar-refractivity contribution in [1.82, 2.24) is 10.2 Å². The number of nitrogens with zero attached hydrogens (tertiary/aromatic N) is 2. The lowest BCUT2D eigenvalue weighted by Crippen LogP contribution is -2.18. The van der Waals surface area contributed by atoms with Crippen LogP contribution in [0.4, 0.5) is 10.3 Å². The van der Waals surface area contributed by atoms with Crippen LogP contribution >= 0.6 is 11.3 Å². The van der Waals surface area contributed by atoms with Crippen molar-refractivity contribution in [3.63, 3.8) is 0 Å². The van der Waals surface area contributed by atoms with Crippen LogP contribution < -0.4 is 10.6 Å². The van der Waals surface area contributed by atoms with E-state index >= 15 is 0 Å². The molecule has 6 nitrogen and oxygen atoms in total. The van der Waals surface area contributed by atoms with E-state index in [1.807, 2.05) is 0 Å². The van der Waals surface area contributed by atoms with Gasteiger partial charge in [0.25, 0.3) is 0 Å². The van der Waals surface area contributed by atoms with E-state index in [0.717, 1.165) is 44.0 Å². The molecule has 1 amide bonds. The molecule has 7 heteroatoms. The number of rotatable bonds is 19. The summed E-state index contributed by atoms with van der Waals surface area (Å²) in [6.07, 6.45) is 24.2. The molecular formula is C25H44N4O2S. The number of ether oxygens (including phenoxy) is 1. The van der Waals surface area contributed by atoms with Crippen LogP contribution in [0.5, 0.6) is 0 Å². The minimum atomic E-state index is 0.0319. The van der Waals surface area contributed by atoms with Gasteiger partial charge in [0, 0.05) is 19.6 Å². The number of hydrogen-bond donors (Lipinski definition) is 2. The lowest BCUT2D eigenvalue weighted by atomic mass is 10.1. The van der Waals surface area contributed by atoms with E-state index in [-0.39, 0.29) is 12.0 Å². The number of amides is 1. The Bertz CT molecular complexity index is 629. The summed E-state index contributed by atoms with van der Waals surface area (Å²) in [5.41, 5.74) is 0. The van der Waals surface area contributed by atoms with Crippen molar-refractivity contribution in [1.29, 1.82) is 0 Å². The molecule has 1 aromatic heterocycles. The normalized spacial score (nSPS) is 16.1. The molecule has 0 spiro atoms. The van der Waals surface area contributed by atoms with Gasteiger partial charge in [0.2, 0.25) is 16.2 Å². The highest BCUT2D eigenvalue weighted by molar-refractivity contribution is 7.19. The smallest absolute Gasteiger partial charge is 0.226 e. The predicted molar refractivity (Wildman–Crippen MR) is 135 cm³/mol. The fourth-order valence-corrected chi connectivity index (χ4v) is 4.56. The minimum Gasteiger partial charge on any atom is -0.376 e. The number of anilines is 2. The number of aromatic nitrogens is 2. The van der Waals surface area contributed by atoms with Crippen molar-refractivity contribution in [2.24, 2.45) is 0 Å². The van der Waals surface area contributed by atoms with Crippen molar-refractivity contribution < 1.29 is 9.53 Å². The lowest BCUT2D eigenvalue weighted by molar-refractivity contribution is -0.116. The zero-order valence-electron chi connectivity index (χ0n) is 20.1. The summed E-state index contributed by atoms with van der Waals surface area (Å²) >= 11 is 1.38. The summed E-state index contributed by atoms with van der Waals surface area (Å²) in [6.45, 7) is 3.86. The fraction of sp³-hybridized carbons (Fsp3) is 0.800. The molecule has 2 N–H and O–H groups in total. The minimum absolute atomic E-state index is 0.0319. The molecule has 32 heavy (non-hydrogen) atoms. The van der Waals surface area contributed by atoms with E-state index in [9.17, 15) is 4.79 Å². The highest BCUT2D eigenvalue weighted by Crippen LogP contribution is 2.21. The first-order valence-corrected chi connectivity index (χ1v) is 13.7. The van der Waals surface area contributed by atoms with Gasteiger partial charge in [0.15, 0.2) is 0 Å². The maximum Gasteiger partial charge on any atom is 0.226 e. The highest BCUT2D eigenvalue weighted by atomic mass is 32.1. The monoisotopic (exact) mass is 464 g/mol. The average Bonchev–Trinajstić information content (AvgIpc) is 3.47. The topological polar surface area (TPSA) is 76.1 Å². The Labute approximate surface area is 199 Å². The summed E-state index contributed by atoms with van der Waals surface area (Å²) in [5, 5.41) is 15.5. The van der Waals surface area contributed by atoms with Crippen LogP contribution in [-0.4, -0.2) is 35.4 Å². The maximum atomic E-state index is 12.1. The largest absolute Gasteiger partial charge is 0.376 e. The van der Waals surface area contributed by atoms with Gasteiger partial charge in [-0.05, 0) is 44.9 Å². The third-order valence-corrected chi connectivity index (χ3v) is 6.64. The molecule has 1 saturated heterocycles. The Morgan fingerprint density at radius 1 is 0.969 bits per heavy atom. The molecule has 1 aliphatic rings. The van der Waals surface area contributed by atoms with Gasteiger partial charge in [-0.25, -0.2) is 0 Å². The van der Waals surface area contributed by atoms with Crippen LogP contribution in [0.15, 0.2) is 12.2 Å². The Morgan fingerprint density at radius 3 is 2.31 bits per heavy atom. The van der Waals surface area contributed by atoms with Crippen LogP contribution in [0.2, 0.25) is 0 Å². The summed E-state index contributed by atoms with van der Waals surface area (Å²) in [5.74, 6) is 0.0319. The number of carbonyl (C=O) groups is 1. The zero-order chi connectivity index (χ0) is 22.7. The molecule has 182 valence electrons. The van der Waals surface area contributed by atoms with Crippen molar-refractivity contribution in [2.45, 2.75) is 116 Å². The second kappa shape index (κ2) is 18.0. The van der Waals surface area contributed by atoms with Gasteiger partial charge in [-0.1, -0.05) is 81.8 Å². The van der Waals surface area contributed by atoms with Gasteiger partial charge in [0.1, 0.15) is 0 Å². The Hall–Kier alpha value is -1.47. The summed E-state index contributed by atoms with van der Waals surface area (Å²) in [7, 11) is 0. The van der Waals surface area contributed by atoms with E-state index in [1.165, 1.54) is 82.0 Å². The molecule has 2 rings (SSSR count). The molecule has 1 unspecified atom stereocenters. The van der Waals surface area contributed by atoms with E-state index in [2.05, 4.69) is 39.9 Å². The Morgan fingerprint density at radius 2 is 1.62 bits per heavy atom. The summed E-state index contributed by atoms with van der Waals surface area (Å²) in [4.78, 5) is 12.1. The first kappa shape index (κ1) is 26.8. The quantitative estimate of drug-likeness (QED) is 0.169. The molecule has 1 atom stereocenters. The van der Waals surface area contributed by atoms with Gasteiger partial charge in [-0.15, -0.1) is 10.2 Å². The van der Waals surface area contributed by atoms with Crippen molar-refractivity contribution in [3.8, 4) is 0 Å². The van der Waals surface area contributed by atoms with Crippen molar-refractivity contribution in [2.75, 3.05) is 23.8 Å². The maximum absolute atomic E-state index is 12.1. The van der Waals surface area contributed by atoms with Crippen LogP contribution in [0.3, 0.4) is 0 Å². The molecule has 0 radical (unpaired) electrons. The SMILES string of the molecule is CCCCCCCC/C=C/CCCCCCCC(=O)Nc1nnc(NCC2CCCO2)s1. The molecular weight excluding hydrogens is 420 g/mol. The molecule has 2 heterocycles. The van der Waals surface area contributed by atoms with Gasteiger partial charge in [-0.3, -0.25) is 4.79 Å². The van der Waals surface area contributed by atoms with Crippen LogP contribution in [0.1, 0.15) is 110 Å². The van der Waals surface area contributed by atoms with Gasteiger partial charge in [-0.2, -0.15) is 0 Å². The summed E-state index contributed by atoms with van der Waals surface area (Å²) < 4.78 is 5.59. The zero-order valence-corrected chi connectivity index (χ0v) is 20.9. The van der Waals surface area contributed by atoms with Crippen LogP contribution in [-0.2, 0) is 9.53 Å². The Balaban J connectivity index is 1.38. The fourth-order valence-electron chi connectivity index (χ4n) is 3.89.